The summed E-state index contributed by atoms with van der Waals surface area (Å²) < 4.78 is 0. The largest absolute Gasteiger partial charge is 0.481 e. The maximum Gasteiger partial charge on any atom is 0.303 e. The van der Waals surface area contributed by atoms with Gasteiger partial charge in [-0.25, -0.2) is 0 Å². The molecule has 4 aliphatic rings. The predicted octanol–water partition coefficient (Wildman–Crippen LogP) is 5.28. The van der Waals surface area contributed by atoms with E-state index in [1.54, 1.807) is 0 Å². The van der Waals surface area contributed by atoms with Gasteiger partial charge in [-0.1, -0.05) is 32.9 Å². The second-order valence-corrected chi connectivity index (χ2v) is 10.8. The fourth-order valence-electron chi connectivity index (χ4n) is 8.10. The van der Waals surface area contributed by atoms with Gasteiger partial charge in [0.2, 0.25) is 0 Å². The van der Waals surface area contributed by atoms with Crippen LogP contribution < -0.4 is 0 Å². The molecule has 3 nitrogen and oxygen atoms in total. The Kier molecular flexibility index (Phi) is 4.98. The van der Waals surface area contributed by atoms with Gasteiger partial charge in [-0.2, -0.15) is 0 Å². The molecule has 0 aromatic heterocycles. The number of allylic oxidation sites excluding steroid dienone is 2. The number of hydrogen-bond donors (Lipinski definition) is 2. The first-order valence-electron chi connectivity index (χ1n) is 11.3. The minimum absolute atomic E-state index is 0.0802. The summed E-state index contributed by atoms with van der Waals surface area (Å²) in [5.74, 6) is 3.35. The van der Waals surface area contributed by atoms with Crippen molar-refractivity contribution < 1.29 is 15.0 Å². The highest BCUT2D eigenvalue weighted by molar-refractivity contribution is 5.66. The summed E-state index contributed by atoms with van der Waals surface area (Å²) in [6.07, 6.45) is 14.5. The van der Waals surface area contributed by atoms with Gasteiger partial charge in [0, 0.05) is 6.42 Å². The lowest BCUT2D eigenvalue weighted by atomic mass is 9.46. The zero-order chi connectivity index (χ0) is 19.4. The zero-order valence-corrected chi connectivity index (χ0v) is 17.4. The molecule has 0 bridgehead atoms. The number of aliphatic hydroxyl groups is 1. The highest BCUT2D eigenvalue weighted by Gasteiger charge is 2.58. The molecule has 4 rings (SSSR count). The fraction of sp³-hybridized carbons (Fsp3) is 0.875. The molecule has 0 amide bonds. The molecule has 0 aromatic rings. The van der Waals surface area contributed by atoms with Crippen molar-refractivity contribution in [3.8, 4) is 0 Å². The summed E-state index contributed by atoms with van der Waals surface area (Å²) in [5, 5.41) is 19.3. The molecule has 0 spiro atoms. The highest BCUT2D eigenvalue weighted by Crippen LogP contribution is 2.66. The minimum atomic E-state index is -0.661. The Hall–Kier alpha value is -0.830. The Labute approximate surface area is 164 Å². The van der Waals surface area contributed by atoms with Crippen LogP contribution in [0.15, 0.2) is 12.2 Å². The molecule has 0 saturated heterocycles. The predicted molar refractivity (Wildman–Crippen MR) is 107 cm³/mol. The van der Waals surface area contributed by atoms with E-state index in [4.69, 9.17) is 5.11 Å². The highest BCUT2D eigenvalue weighted by atomic mass is 16.4. The molecule has 3 fully saturated rings. The van der Waals surface area contributed by atoms with Crippen molar-refractivity contribution in [3.63, 3.8) is 0 Å². The van der Waals surface area contributed by atoms with Crippen molar-refractivity contribution in [2.75, 3.05) is 0 Å². The summed E-state index contributed by atoms with van der Waals surface area (Å²) in [6.45, 7) is 7.26. The fourth-order valence-corrected chi connectivity index (χ4v) is 8.10. The standard InChI is InChI=1S/C24H38O3/c1-15(4-9-22(26)27)19-7-8-20-18-6-5-16-14-17(25)10-12-23(16,2)21(18)11-13-24(19,20)3/h11,13,15-21,25H,4-10,12,14H2,1-3H3,(H,26,27)/t15-,16+,17-,18+,19+,20-,21-,23+,24+/m1/s1. The Morgan fingerprint density at radius 1 is 1.19 bits per heavy atom. The number of carboxylic acid groups (broad SMARTS) is 1. The molecule has 9 atom stereocenters. The van der Waals surface area contributed by atoms with Crippen molar-refractivity contribution in [1.82, 2.24) is 0 Å². The second-order valence-electron chi connectivity index (χ2n) is 10.8. The van der Waals surface area contributed by atoms with Crippen LogP contribution in [0.1, 0.15) is 78.6 Å². The Bertz CT molecular complexity index is 613. The number of rotatable bonds is 4. The smallest absolute Gasteiger partial charge is 0.303 e. The molecule has 152 valence electrons. The lowest BCUT2D eigenvalue weighted by Gasteiger charge is -2.58. The van der Waals surface area contributed by atoms with Crippen molar-refractivity contribution >= 4 is 5.97 Å². The third-order valence-electron chi connectivity index (χ3n) is 9.64. The van der Waals surface area contributed by atoms with E-state index in [-0.39, 0.29) is 11.5 Å². The topological polar surface area (TPSA) is 57.5 Å². The quantitative estimate of drug-likeness (QED) is 0.658. The van der Waals surface area contributed by atoms with Crippen molar-refractivity contribution in [1.29, 1.82) is 0 Å². The van der Waals surface area contributed by atoms with Crippen LogP contribution in [0.3, 0.4) is 0 Å². The first-order chi connectivity index (χ1) is 12.8. The summed E-state index contributed by atoms with van der Waals surface area (Å²) >= 11 is 0. The van der Waals surface area contributed by atoms with Crippen LogP contribution >= 0.6 is 0 Å². The molecule has 27 heavy (non-hydrogen) atoms. The molecular weight excluding hydrogens is 336 g/mol. The van der Waals surface area contributed by atoms with Gasteiger partial charge in [-0.3, -0.25) is 4.79 Å². The van der Waals surface area contributed by atoms with E-state index < -0.39 is 5.97 Å². The van der Waals surface area contributed by atoms with Gasteiger partial charge in [0.05, 0.1) is 6.10 Å². The normalized spacial score (nSPS) is 49.8. The molecule has 0 aromatic carbocycles. The van der Waals surface area contributed by atoms with Crippen molar-refractivity contribution in [2.24, 2.45) is 46.3 Å². The van der Waals surface area contributed by atoms with Gasteiger partial charge in [0.15, 0.2) is 0 Å². The van der Waals surface area contributed by atoms with Crippen LogP contribution in [0.25, 0.3) is 0 Å². The third-order valence-corrected chi connectivity index (χ3v) is 9.64. The molecule has 0 heterocycles. The SMILES string of the molecule is C[C@H](CCC(=O)O)[C@@H]1CC[C@@H]2[C@@H]3CC[C@H]4C[C@H](O)CC[C@]4(C)[C@@H]3C=C[C@]21C. The summed E-state index contributed by atoms with van der Waals surface area (Å²) in [5.41, 5.74) is 0.615. The van der Waals surface area contributed by atoms with Crippen LogP contribution in [0, 0.1) is 46.3 Å². The molecule has 4 aliphatic carbocycles. The number of hydrogen-bond acceptors (Lipinski definition) is 2. The number of fused-ring (bicyclic) bond motifs is 5. The lowest BCUT2D eigenvalue weighted by molar-refractivity contribution is -0.137. The monoisotopic (exact) mass is 374 g/mol. The van der Waals surface area contributed by atoms with E-state index in [9.17, 15) is 9.90 Å². The molecule has 0 radical (unpaired) electrons. The van der Waals surface area contributed by atoms with Gasteiger partial charge in [-0.15, -0.1) is 0 Å². The molecular formula is C24H38O3. The molecule has 2 N–H and O–H groups in total. The summed E-state index contributed by atoms with van der Waals surface area (Å²) in [7, 11) is 0. The Balaban J connectivity index is 1.56. The summed E-state index contributed by atoms with van der Waals surface area (Å²) in [6, 6.07) is 0. The van der Waals surface area contributed by atoms with Gasteiger partial charge in [0.25, 0.3) is 0 Å². The number of aliphatic carboxylic acids is 1. The van der Waals surface area contributed by atoms with Gasteiger partial charge < -0.3 is 10.2 Å². The first-order valence-corrected chi connectivity index (χ1v) is 11.3. The van der Waals surface area contributed by atoms with E-state index in [1.807, 2.05) is 0 Å². The number of aliphatic hydroxyl groups excluding tert-OH is 1. The van der Waals surface area contributed by atoms with Crippen LogP contribution in [0.4, 0.5) is 0 Å². The van der Waals surface area contributed by atoms with E-state index in [0.717, 1.165) is 31.1 Å². The maximum absolute atomic E-state index is 11.0. The van der Waals surface area contributed by atoms with E-state index in [2.05, 4.69) is 32.9 Å². The molecule has 0 aliphatic heterocycles. The number of carbonyl (C=O) groups is 1. The van der Waals surface area contributed by atoms with Gasteiger partial charge in [-0.05, 0) is 97.7 Å². The number of carboxylic acids is 1. The van der Waals surface area contributed by atoms with Gasteiger partial charge in [0.1, 0.15) is 0 Å². The van der Waals surface area contributed by atoms with E-state index in [0.29, 0.717) is 35.5 Å². The first kappa shape index (κ1) is 19.5. The molecule has 3 saturated carbocycles. The lowest BCUT2D eigenvalue weighted by Crippen LogP contribution is -2.52. The van der Waals surface area contributed by atoms with Crippen molar-refractivity contribution in [3.05, 3.63) is 12.2 Å². The molecule has 0 unspecified atom stereocenters. The zero-order valence-electron chi connectivity index (χ0n) is 17.4. The average Bonchev–Trinajstić information content (AvgIpc) is 2.97. The maximum atomic E-state index is 11.0. The van der Waals surface area contributed by atoms with Crippen LogP contribution in [-0.4, -0.2) is 22.3 Å². The Morgan fingerprint density at radius 2 is 1.96 bits per heavy atom. The molecule has 3 heteroatoms. The van der Waals surface area contributed by atoms with Crippen molar-refractivity contribution in [2.45, 2.75) is 84.7 Å². The third kappa shape index (κ3) is 3.09. The van der Waals surface area contributed by atoms with Crippen LogP contribution in [0.5, 0.6) is 0 Å². The van der Waals surface area contributed by atoms with E-state index in [1.165, 1.54) is 32.1 Å². The second kappa shape index (κ2) is 6.90. The van der Waals surface area contributed by atoms with E-state index >= 15 is 0 Å². The minimum Gasteiger partial charge on any atom is -0.481 e. The van der Waals surface area contributed by atoms with Crippen LogP contribution in [0.2, 0.25) is 0 Å². The Morgan fingerprint density at radius 3 is 2.70 bits per heavy atom. The van der Waals surface area contributed by atoms with Crippen LogP contribution in [-0.2, 0) is 4.79 Å². The average molecular weight is 375 g/mol. The summed E-state index contributed by atoms with van der Waals surface area (Å²) in [4.78, 5) is 11.0. The van der Waals surface area contributed by atoms with Gasteiger partial charge >= 0.3 is 5.97 Å².